The van der Waals surface area contributed by atoms with Crippen LogP contribution in [0.5, 0.6) is 0 Å². The molecule has 1 aliphatic rings. The Morgan fingerprint density at radius 1 is 1.57 bits per heavy atom. The second kappa shape index (κ2) is 3.42. The van der Waals surface area contributed by atoms with E-state index in [-0.39, 0.29) is 23.9 Å². The van der Waals surface area contributed by atoms with E-state index in [1.807, 2.05) is 0 Å². The Morgan fingerprint density at radius 2 is 2.36 bits per heavy atom. The van der Waals surface area contributed by atoms with Crippen LogP contribution in [-0.2, 0) is 0 Å². The third-order valence-corrected chi connectivity index (χ3v) is 2.59. The van der Waals surface area contributed by atoms with Crippen molar-refractivity contribution < 1.29 is 5.11 Å². The average molecular weight is 196 g/mol. The van der Waals surface area contributed by atoms with E-state index in [9.17, 15) is 9.59 Å². The minimum absolute atomic E-state index is 0.152. The first kappa shape index (κ1) is 9.21. The standard InChI is InChI=1S/C9H12N2O3/c12-4-2-6-5-7(6)11-3-1-8(13)10-9(11)14/h1,3,6-7,12H,2,4-5H2,(H,10,13,14)/t6-,7-/m0/s1. The first-order valence-electron chi connectivity index (χ1n) is 4.64. The zero-order valence-electron chi connectivity index (χ0n) is 7.64. The number of rotatable bonds is 3. The number of hydrogen-bond acceptors (Lipinski definition) is 3. The molecule has 0 amide bonds. The molecule has 0 spiro atoms. The summed E-state index contributed by atoms with van der Waals surface area (Å²) in [6.07, 6.45) is 3.14. The van der Waals surface area contributed by atoms with Crippen molar-refractivity contribution in [2.75, 3.05) is 6.61 Å². The van der Waals surface area contributed by atoms with Gasteiger partial charge in [-0.3, -0.25) is 14.3 Å². The van der Waals surface area contributed by atoms with E-state index in [1.165, 1.54) is 16.8 Å². The Balaban J connectivity index is 2.19. The predicted molar refractivity (Wildman–Crippen MR) is 50.2 cm³/mol. The summed E-state index contributed by atoms with van der Waals surface area (Å²) in [5.74, 6) is 0.378. The number of aromatic nitrogens is 2. The third-order valence-electron chi connectivity index (χ3n) is 2.59. The van der Waals surface area contributed by atoms with Gasteiger partial charge in [0.1, 0.15) is 0 Å². The molecule has 0 aromatic carbocycles. The molecule has 2 rings (SSSR count). The Labute approximate surface area is 80.0 Å². The molecule has 76 valence electrons. The fraction of sp³-hybridized carbons (Fsp3) is 0.556. The zero-order valence-corrected chi connectivity index (χ0v) is 7.64. The largest absolute Gasteiger partial charge is 0.396 e. The van der Waals surface area contributed by atoms with Crippen LogP contribution in [0.1, 0.15) is 18.9 Å². The molecule has 2 N–H and O–H groups in total. The van der Waals surface area contributed by atoms with Crippen molar-refractivity contribution in [1.29, 1.82) is 0 Å². The van der Waals surface area contributed by atoms with Gasteiger partial charge in [-0.25, -0.2) is 4.79 Å². The van der Waals surface area contributed by atoms with Gasteiger partial charge in [-0.15, -0.1) is 0 Å². The fourth-order valence-electron chi connectivity index (χ4n) is 1.74. The zero-order chi connectivity index (χ0) is 10.1. The molecule has 14 heavy (non-hydrogen) atoms. The van der Waals surface area contributed by atoms with Crippen molar-refractivity contribution in [1.82, 2.24) is 9.55 Å². The van der Waals surface area contributed by atoms with Gasteiger partial charge in [0.05, 0.1) is 0 Å². The van der Waals surface area contributed by atoms with Gasteiger partial charge in [-0.1, -0.05) is 0 Å². The van der Waals surface area contributed by atoms with Crippen LogP contribution >= 0.6 is 0 Å². The Hall–Kier alpha value is -1.36. The van der Waals surface area contributed by atoms with Crippen LogP contribution in [-0.4, -0.2) is 21.3 Å². The van der Waals surface area contributed by atoms with Gasteiger partial charge in [0.25, 0.3) is 5.56 Å². The second-order valence-corrected chi connectivity index (χ2v) is 3.59. The van der Waals surface area contributed by atoms with Crippen LogP contribution in [0.2, 0.25) is 0 Å². The molecule has 5 heteroatoms. The molecule has 0 aliphatic heterocycles. The lowest BCUT2D eigenvalue weighted by atomic mass is 10.3. The summed E-state index contributed by atoms with van der Waals surface area (Å²) in [7, 11) is 0. The average Bonchev–Trinajstić information content (AvgIpc) is 2.84. The Morgan fingerprint density at radius 3 is 3.00 bits per heavy atom. The quantitative estimate of drug-likeness (QED) is 0.683. The number of hydrogen-bond donors (Lipinski definition) is 2. The molecule has 1 fully saturated rings. The van der Waals surface area contributed by atoms with E-state index in [4.69, 9.17) is 5.11 Å². The fourth-order valence-corrected chi connectivity index (χ4v) is 1.74. The van der Waals surface area contributed by atoms with Crippen molar-refractivity contribution in [3.63, 3.8) is 0 Å². The summed E-state index contributed by atoms with van der Waals surface area (Å²) in [4.78, 5) is 24.3. The summed E-state index contributed by atoms with van der Waals surface area (Å²) < 4.78 is 1.53. The van der Waals surface area contributed by atoms with E-state index in [2.05, 4.69) is 4.98 Å². The molecule has 1 heterocycles. The van der Waals surface area contributed by atoms with Gasteiger partial charge >= 0.3 is 5.69 Å². The SMILES string of the molecule is O=c1ccn([C@H]2C[C@@H]2CCO)c(=O)[nH]1. The van der Waals surface area contributed by atoms with Gasteiger partial charge in [0.15, 0.2) is 0 Å². The lowest BCUT2D eigenvalue weighted by Gasteiger charge is -2.01. The summed E-state index contributed by atoms with van der Waals surface area (Å²) in [6, 6.07) is 1.50. The van der Waals surface area contributed by atoms with E-state index in [1.54, 1.807) is 0 Å². The number of aliphatic hydroxyl groups excluding tert-OH is 1. The number of aliphatic hydroxyl groups is 1. The number of H-pyrrole nitrogens is 1. The number of nitrogens with zero attached hydrogens (tertiary/aromatic N) is 1. The maximum absolute atomic E-state index is 11.3. The summed E-state index contributed by atoms with van der Waals surface area (Å²) in [5.41, 5.74) is -0.728. The summed E-state index contributed by atoms with van der Waals surface area (Å²) in [5, 5.41) is 8.71. The van der Waals surface area contributed by atoms with E-state index in [0.29, 0.717) is 5.92 Å². The van der Waals surface area contributed by atoms with Crippen molar-refractivity contribution in [2.24, 2.45) is 5.92 Å². The van der Waals surface area contributed by atoms with Gasteiger partial charge in [0.2, 0.25) is 0 Å². The molecular weight excluding hydrogens is 184 g/mol. The lowest BCUT2D eigenvalue weighted by molar-refractivity contribution is 0.276. The van der Waals surface area contributed by atoms with Gasteiger partial charge in [0, 0.05) is 24.9 Å². The molecule has 0 bridgehead atoms. The monoisotopic (exact) mass is 196 g/mol. The van der Waals surface area contributed by atoms with Crippen LogP contribution in [0, 0.1) is 5.92 Å². The van der Waals surface area contributed by atoms with Crippen LogP contribution in [0.25, 0.3) is 0 Å². The molecule has 1 aromatic rings. The van der Waals surface area contributed by atoms with Crippen molar-refractivity contribution in [3.05, 3.63) is 33.1 Å². The first-order chi connectivity index (χ1) is 6.72. The van der Waals surface area contributed by atoms with Crippen molar-refractivity contribution >= 4 is 0 Å². The molecule has 1 aromatic heterocycles. The van der Waals surface area contributed by atoms with Crippen molar-refractivity contribution in [3.8, 4) is 0 Å². The van der Waals surface area contributed by atoms with Gasteiger partial charge in [-0.05, 0) is 18.8 Å². The van der Waals surface area contributed by atoms with Gasteiger partial charge < -0.3 is 5.11 Å². The summed E-state index contributed by atoms with van der Waals surface area (Å²) >= 11 is 0. The highest BCUT2D eigenvalue weighted by atomic mass is 16.3. The number of nitrogens with one attached hydrogen (secondary N) is 1. The van der Waals surface area contributed by atoms with Crippen LogP contribution < -0.4 is 11.2 Å². The van der Waals surface area contributed by atoms with E-state index >= 15 is 0 Å². The maximum atomic E-state index is 11.3. The maximum Gasteiger partial charge on any atom is 0.328 e. The van der Waals surface area contributed by atoms with E-state index in [0.717, 1.165) is 12.8 Å². The smallest absolute Gasteiger partial charge is 0.328 e. The van der Waals surface area contributed by atoms with Crippen LogP contribution in [0.4, 0.5) is 0 Å². The molecule has 0 radical (unpaired) electrons. The highest BCUT2D eigenvalue weighted by molar-refractivity contribution is 4.96. The Kier molecular flexibility index (Phi) is 2.25. The summed E-state index contributed by atoms with van der Waals surface area (Å²) in [6.45, 7) is 0.152. The third kappa shape index (κ3) is 1.63. The van der Waals surface area contributed by atoms with E-state index < -0.39 is 0 Å². The first-order valence-corrected chi connectivity index (χ1v) is 4.64. The van der Waals surface area contributed by atoms with Crippen molar-refractivity contribution in [2.45, 2.75) is 18.9 Å². The Bertz CT molecular complexity index is 434. The van der Waals surface area contributed by atoms with Crippen LogP contribution in [0.3, 0.4) is 0 Å². The normalized spacial score (nSPS) is 24.9. The highest BCUT2D eigenvalue weighted by Gasteiger charge is 2.38. The highest BCUT2D eigenvalue weighted by Crippen LogP contribution is 2.44. The molecule has 1 aliphatic carbocycles. The predicted octanol–water partition coefficient (Wildman–Crippen LogP) is -0.520. The molecule has 0 unspecified atom stereocenters. The minimum Gasteiger partial charge on any atom is -0.396 e. The molecular formula is C9H12N2O3. The lowest BCUT2D eigenvalue weighted by Crippen LogP contribution is -2.28. The van der Waals surface area contributed by atoms with Gasteiger partial charge in [-0.2, -0.15) is 0 Å². The molecule has 2 atom stereocenters. The molecule has 5 nitrogen and oxygen atoms in total. The topological polar surface area (TPSA) is 75.1 Å². The minimum atomic E-state index is -0.370. The van der Waals surface area contributed by atoms with Crippen LogP contribution in [0.15, 0.2) is 21.9 Å². The molecule has 0 saturated heterocycles. The second-order valence-electron chi connectivity index (χ2n) is 3.59. The number of aromatic amines is 1. The molecule has 1 saturated carbocycles.